The summed E-state index contributed by atoms with van der Waals surface area (Å²) >= 11 is 0. The van der Waals surface area contributed by atoms with E-state index in [1.807, 2.05) is 0 Å². The van der Waals surface area contributed by atoms with Crippen LogP contribution < -0.4 is 5.32 Å². The number of ketones is 1. The van der Waals surface area contributed by atoms with Crippen molar-refractivity contribution in [2.24, 2.45) is 5.92 Å². The first-order chi connectivity index (χ1) is 7.18. The lowest BCUT2D eigenvalue weighted by atomic mass is 9.94. The van der Waals surface area contributed by atoms with Crippen molar-refractivity contribution in [1.29, 1.82) is 0 Å². The molecule has 88 valence electrons. The fourth-order valence-corrected chi connectivity index (χ4v) is 2.05. The van der Waals surface area contributed by atoms with Crippen molar-refractivity contribution in [3.8, 4) is 0 Å². The molecule has 3 nitrogen and oxygen atoms in total. The molecule has 0 bridgehead atoms. The van der Waals surface area contributed by atoms with Gasteiger partial charge in [0.2, 0.25) is 0 Å². The number of nitrogens with zero attached hydrogens (tertiary/aromatic N) is 1. The number of nitrogens with one attached hydrogen (secondary N) is 1. The van der Waals surface area contributed by atoms with E-state index in [2.05, 4.69) is 17.3 Å². The zero-order valence-corrected chi connectivity index (χ0v) is 10.1. The molecule has 1 N–H and O–H groups in total. The molecule has 1 fully saturated rings. The third kappa shape index (κ3) is 5.90. The first-order valence-corrected chi connectivity index (χ1v) is 6.07. The second-order valence-electron chi connectivity index (χ2n) is 4.74. The van der Waals surface area contributed by atoms with E-state index in [4.69, 9.17) is 0 Å². The van der Waals surface area contributed by atoms with Crippen molar-refractivity contribution >= 4 is 5.78 Å². The van der Waals surface area contributed by atoms with Crippen LogP contribution >= 0.6 is 0 Å². The molecule has 0 aliphatic carbocycles. The van der Waals surface area contributed by atoms with Gasteiger partial charge in [0, 0.05) is 13.0 Å². The average molecular weight is 212 g/mol. The second-order valence-corrected chi connectivity index (χ2v) is 4.74. The molecule has 0 aromatic rings. The minimum Gasteiger partial charge on any atom is -0.316 e. The quantitative estimate of drug-likeness (QED) is 0.673. The zero-order chi connectivity index (χ0) is 11.1. The maximum atomic E-state index is 10.7. The van der Waals surface area contributed by atoms with Gasteiger partial charge < -0.3 is 10.2 Å². The molecular weight excluding hydrogens is 188 g/mol. The number of hydrogen-bond acceptors (Lipinski definition) is 3. The molecule has 1 saturated heterocycles. The van der Waals surface area contributed by atoms with E-state index in [1.54, 1.807) is 6.92 Å². The highest BCUT2D eigenvalue weighted by Crippen LogP contribution is 2.18. The lowest BCUT2D eigenvalue weighted by Gasteiger charge is -2.28. The first-order valence-electron chi connectivity index (χ1n) is 6.07. The molecule has 0 unspecified atom stereocenters. The predicted molar refractivity (Wildman–Crippen MR) is 63.0 cm³/mol. The van der Waals surface area contributed by atoms with Crippen LogP contribution in [0.15, 0.2) is 0 Å². The van der Waals surface area contributed by atoms with Gasteiger partial charge in [0.05, 0.1) is 0 Å². The maximum Gasteiger partial charge on any atom is 0.131 e. The van der Waals surface area contributed by atoms with Gasteiger partial charge in [0.15, 0.2) is 0 Å². The van der Waals surface area contributed by atoms with Gasteiger partial charge in [-0.15, -0.1) is 0 Å². The summed E-state index contributed by atoms with van der Waals surface area (Å²) in [5, 5.41) is 3.34. The molecule has 1 heterocycles. The number of likely N-dealkylation sites (tertiary alicyclic amines) is 1. The minimum absolute atomic E-state index is 0.279. The van der Waals surface area contributed by atoms with Crippen LogP contribution in [0.2, 0.25) is 0 Å². The molecular formula is C12H24N2O. The number of piperidine rings is 1. The first kappa shape index (κ1) is 12.7. The summed E-state index contributed by atoms with van der Waals surface area (Å²) < 4.78 is 0. The topological polar surface area (TPSA) is 32.3 Å². The molecule has 0 spiro atoms. The van der Waals surface area contributed by atoms with Gasteiger partial charge in [0.1, 0.15) is 5.78 Å². The van der Waals surface area contributed by atoms with Gasteiger partial charge in [0.25, 0.3) is 0 Å². The Morgan fingerprint density at radius 1 is 1.33 bits per heavy atom. The molecule has 0 amide bonds. The van der Waals surface area contributed by atoms with E-state index in [-0.39, 0.29) is 5.78 Å². The summed E-state index contributed by atoms with van der Waals surface area (Å²) in [5.41, 5.74) is 0. The Bertz CT molecular complexity index is 186. The maximum absolute atomic E-state index is 10.7. The number of Topliss-reactive ketones (excluding diaryl/α,β-unsaturated/α-hetero) is 1. The lowest BCUT2D eigenvalue weighted by Crippen LogP contribution is -2.31. The van der Waals surface area contributed by atoms with Crippen molar-refractivity contribution < 1.29 is 4.79 Å². The van der Waals surface area contributed by atoms with Crippen molar-refractivity contribution in [3.63, 3.8) is 0 Å². The normalized spacial score (nSPS) is 19.3. The van der Waals surface area contributed by atoms with E-state index in [0.29, 0.717) is 6.42 Å². The van der Waals surface area contributed by atoms with Crippen molar-refractivity contribution in [2.45, 2.75) is 32.6 Å². The highest BCUT2D eigenvalue weighted by Gasteiger charge is 2.15. The van der Waals surface area contributed by atoms with Gasteiger partial charge in [-0.3, -0.25) is 4.79 Å². The molecule has 1 aliphatic heterocycles. The molecule has 0 aromatic carbocycles. The lowest BCUT2D eigenvalue weighted by molar-refractivity contribution is -0.116. The van der Waals surface area contributed by atoms with E-state index in [9.17, 15) is 4.79 Å². The summed E-state index contributed by atoms with van der Waals surface area (Å²) in [4.78, 5) is 13.1. The molecule has 0 saturated carbocycles. The van der Waals surface area contributed by atoms with Crippen LogP contribution in [0.1, 0.15) is 32.6 Å². The molecule has 1 aliphatic rings. The summed E-state index contributed by atoms with van der Waals surface area (Å²) in [6.07, 6.45) is 4.62. The third-order valence-corrected chi connectivity index (χ3v) is 3.22. The number of carbonyl (C=O) groups is 1. The van der Waals surface area contributed by atoms with E-state index in [1.165, 1.54) is 32.4 Å². The van der Waals surface area contributed by atoms with Crippen LogP contribution in [-0.4, -0.2) is 43.9 Å². The highest BCUT2D eigenvalue weighted by molar-refractivity contribution is 5.75. The Hall–Kier alpha value is -0.410. The van der Waals surface area contributed by atoms with Gasteiger partial charge in [-0.25, -0.2) is 0 Å². The van der Waals surface area contributed by atoms with E-state index in [0.717, 1.165) is 19.0 Å². The summed E-state index contributed by atoms with van der Waals surface area (Å²) in [6, 6.07) is 0. The Morgan fingerprint density at radius 2 is 2.00 bits per heavy atom. The van der Waals surface area contributed by atoms with Crippen molar-refractivity contribution in [3.05, 3.63) is 0 Å². The van der Waals surface area contributed by atoms with Crippen LogP contribution in [0.3, 0.4) is 0 Å². The van der Waals surface area contributed by atoms with Crippen LogP contribution in [-0.2, 0) is 4.79 Å². The Balaban J connectivity index is 1.94. The second kappa shape index (κ2) is 6.96. The Labute approximate surface area is 93.2 Å². The zero-order valence-electron chi connectivity index (χ0n) is 10.1. The van der Waals surface area contributed by atoms with Crippen LogP contribution in [0.4, 0.5) is 0 Å². The van der Waals surface area contributed by atoms with Gasteiger partial charge in [-0.2, -0.15) is 0 Å². The predicted octanol–water partition coefficient (Wildman–Crippen LogP) is 1.29. The highest BCUT2D eigenvalue weighted by atomic mass is 16.1. The van der Waals surface area contributed by atoms with Gasteiger partial charge in [-0.05, 0) is 58.8 Å². The van der Waals surface area contributed by atoms with Gasteiger partial charge >= 0.3 is 0 Å². The van der Waals surface area contributed by atoms with Crippen LogP contribution in [0, 0.1) is 5.92 Å². The monoisotopic (exact) mass is 212 g/mol. The van der Waals surface area contributed by atoms with E-state index < -0.39 is 0 Å². The van der Waals surface area contributed by atoms with Crippen molar-refractivity contribution in [2.75, 3.05) is 33.2 Å². The third-order valence-electron chi connectivity index (χ3n) is 3.22. The largest absolute Gasteiger partial charge is 0.316 e. The molecule has 0 atom stereocenters. The Kier molecular flexibility index (Phi) is 5.88. The fourth-order valence-electron chi connectivity index (χ4n) is 2.05. The summed E-state index contributed by atoms with van der Waals surface area (Å²) in [5.74, 6) is 1.17. The molecule has 15 heavy (non-hydrogen) atoms. The summed E-state index contributed by atoms with van der Waals surface area (Å²) in [7, 11) is 2.20. The SMILES string of the molecule is CC(=O)CCNCCC1CCN(C)CC1. The number of carbonyl (C=O) groups excluding carboxylic acids is 1. The summed E-state index contributed by atoms with van der Waals surface area (Å²) in [6.45, 7) is 6.07. The number of rotatable bonds is 6. The number of hydrogen-bond donors (Lipinski definition) is 1. The average Bonchev–Trinajstić information content (AvgIpc) is 2.20. The van der Waals surface area contributed by atoms with E-state index >= 15 is 0 Å². The van der Waals surface area contributed by atoms with Crippen LogP contribution in [0.25, 0.3) is 0 Å². The Morgan fingerprint density at radius 3 is 2.60 bits per heavy atom. The standard InChI is InChI=1S/C12H24N2O/c1-11(15)3-7-13-8-4-12-5-9-14(2)10-6-12/h12-13H,3-10H2,1-2H3. The molecule has 3 heteroatoms. The van der Waals surface area contributed by atoms with Crippen molar-refractivity contribution in [1.82, 2.24) is 10.2 Å². The minimum atomic E-state index is 0.279. The fraction of sp³-hybridized carbons (Fsp3) is 0.917. The molecule has 1 rings (SSSR count). The van der Waals surface area contributed by atoms with Crippen LogP contribution in [0.5, 0.6) is 0 Å². The van der Waals surface area contributed by atoms with Gasteiger partial charge in [-0.1, -0.05) is 0 Å². The smallest absolute Gasteiger partial charge is 0.131 e. The molecule has 0 radical (unpaired) electrons. The molecule has 0 aromatic heterocycles.